The highest BCUT2D eigenvalue weighted by Gasteiger charge is 2.59. The van der Waals surface area contributed by atoms with Gasteiger partial charge >= 0.3 is 0 Å². The quantitative estimate of drug-likeness (QED) is 0.706. The zero-order valence-electron chi connectivity index (χ0n) is 14.4. The summed E-state index contributed by atoms with van der Waals surface area (Å²) in [4.78, 5) is 0. The van der Waals surface area contributed by atoms with E-state index in [-0.39, 0.29) is 17.6 Å². The van der Waals surface area contributed by atoms with Crippen molar-refractivity contribution in [1.29, 1.82) is 0 Å². The summed E-state index contributed by atoms with van der Waals surface area (Å²) in [5.74, 6) is 2.72. The monoisotopic (exact) mass is 306 g/mol. The predicted molar refractivity (Wildman–Crippen MR) is 88.4 cm³/mol. The lowest BCUT2D eigenvalue weighted by atomic mass is 9.42. The number of hydrogen-bond acceptors (Lipinski definition) is 2. The van der Waals surface area contributed by atoms with Crippen molar-refractivity contribution in [3.63, 3.8) is 0 Å². The minimum atomic E-state index is -0.175. The minimum absolute atomic E-state index is 0.173. The Balaban J connectivity index is 1.65. The summed E-state index contributed by atoms with van der Waals surface area (Å²) in [5, 5.41) is 21.0. The maximum atomic E-state index is 10.9. The molecule has 0 amide bonds. The van der Waals surface area contributed by atoms with E-state index in [0.29, 0.717) is 11.3 Å². The Kier molecular flexibility index (Phi) is 3.66. The van der Waals surface area contributed by atoms with Crippen LogP contribution >= 0.6 is 0 Å². The molecule has 0 heterocycles. The summed E-state index contributed by atoms with van der Waals surface area (Å²) in [5.41, 5.74) is 0.830. The SMILES string of the molecule is CC12CCCCC1C1CC(O)C3CC(O)CCC3(C)C1CC2. The van der Waals surface area contributed by atoms with Gasteiger partial charge in [-0.3, -0.25) is 0 Å². The summed E-state index contributed by atoms with van der Waals surface area (Å²) in [7, 11) is 0. The normalized spacial score (nSPS) is 58.4. The van der Waals surface area contributed by atoms with Crippen molar-refractivity contribution in [3.05, 3.63) is 0 Å². The molecule has 0 saturated heterocycles. The van der Waals surface area contributed by atoms with Gasteiger partial charge in [0, 0.05) is 0 Å². The summed E-state index contributed by atoms with van der Waals surface area (Å²) >= 11 is 0. The summed E-state index contributed by atoms with van der Waals surface area (Å²) in [6, 6.07) is 0. The van der Waals surface area contributed by atoms with Crippen LogP contribution in [-0.4, -0.2) is 22.4 Å². The van der Waals surface area contributed by atoms with Gasteiger partial charge in [0.15, 0.2) is 0 Å². The lowest BCUT2D eigenvalue weighted by Crippen LogP contribution is -2.58. The zero-order chi connectivity index (χ0) is 15.5. The Morgan fingerprint density at radius 3 is 2.41 bits per heavy atom. The molecule has 0 spiro atoms. The van der Waals surface area contributed by atoms with Crippen molar-refractivity contribution in [2.45, 2.75) is 90.3 Å². The summed E-state index contributed by atoms with van der Waals surface area (Å²) in [6.45, 7) is 4.99. The second kappa shape index (κ2) is 5.21. The Morgan fingerprint density at radius 1 is 0.773 bits per heavy atom. The Morgan fingerprint density at radius 2 is 1.59 bits per heavy atom. The highest BCUT2D eigenvalue weighted by molar-refractivity contribution is 5.08. The minimum Gasteiger partial charge on any atom is -0.393 e. The van der Waals surface area contributed by atoms with Gasteiger partial charge in [-0.25, -0.2) is 0 Å². The first-order chi connectivity index (χ1) is 10.4. The number of hydrogen-bond donors (Lipinski definition) is 2. The van der Waals surface area contributed by atoms with Gasteiger partial charge in [-0.05, 0) is 85.9 Å². The van der Waals surface area contributed by atoms with Gasteiger partial charge in [-0.2, -0.15) is 0 Å². The molecule has 0 aliphatic heterocycles. The van der Waals surface area contributed by atoms with Crippen LogP contribution in [0.25, 0.3) is 0 Å². The molecule has 4 aliphatic carbocycles. The molecule has 4 fully saturated rings. The molecule has 2 nitrogen and oxygen atoms in total. The second-order valence-corrected chi connectivity index (χ2v) is 9.66. The molecular formula is C20H34O2. The highest BCUT2D eigenvalue weighted by Crippen LogP contribution is 2.65. The molecule has 0 aromatic rings. The smallest absolute Gasteiger partial charge is 0.0577 e. The molecule has 4 saturated carbocycles. The van der Waals surface area contributed by atoms with E-state index in [1.54, 1.807) is 0 Å². The maximum Gasteiger partial charge on any atom is 0.0577 e. The van der Waals surface area contributed by atoms with E-state index in [1.807, 2.05) is 0 Å². The first-order valence-electron chi connectivity index (χ1n) is 9.80. The molecule has 0 radical (unpaired) electrons. The van der Waals surface area contributed by atoms with E-state index in [4.69, 9.17) is 0 Å². The first-order valence-corrected chi connectivity index (χ1v) is 9.80. The average molecular weight is 306 g/mol. The van der Waals surface area contributed by atoms with Gasteiger partial charge < -0.3 is 10.2 Å². The van der Waals surface area contributed by atoms with Crippen molar-refractivity contribution in [1.82, 2.24) is 0 Å². The third kappa shape index (κ3) is 2.13. The fourth-order valence-electron chi connectivity index (χ4n) is 7.44. The summed E-state index contributed by atoms with van der Waals surface area (Å²) < 4.78 is 0. The molecule has 126 valence electrons. The largest absolute Gasteiger partial charge is 0.393 e. The molecule has 4 rings (SSSR count). The topological polar surface area (TPSA) is 40.5 Å². The van der Waals surface area contributed by atoms with E-state index in [2.05, 4.69) is 13.8 Å². The van der Waals surface area contributed by atoms with E-state index in [1.165, 1.54) is 38.5 Å². The van der Waals surface area contributed by atoms with Crippen LogP contribution in [0.3, 0.4) is 0 Å². The van der Waals surface area contributed by atoms with Crippen LogP contribution < -0.4 is 0 Å². The van der Waals surface area contributed by atoms with Crippen molar-refractivity contribution >= 4 is 0 Å². The number of rotatable bonds is 0. The van der Waals surface area contributed by atoms with Gasteiger partial charge in [0.25, 0.3) is 0 Å². The van der Waals surface area contributed by atoms with Crippen LogP contribution in [-0.2, 0) is 0 Å². The van der Waals surface area contributed by atoms with E-state index in [0.717, 1.165) is 43.4 Å². The standard InChI is InChI=1S/C20H34O2/c1-19-8-4-3-5-15(19)14-12-18(22)17-11-13(21)6-10-20(17,2)16(14)7-9-19/h13-18,21-22H,3-12H2,1-2H3. The van der Waals surface area contributed by atoms with Crippen molar-refractivity contribution in [3.8, 4) is 0 Å². The van der Waals surface area contributed by atoms with Crippen LogP contribution in [0, 0.1) is 34.5 Å². The van der Waals surface area contributed by atoms with Crippen LogP contribution in [0.1, 0.15) is 78.1 Å². The Hall–Kier alpha value is -0.0800. The molecule has 4 aliphatic rings. The fourth-order valence-corrected chi connectivity index (χ4v) is 7.44. The molecule has 8 unspecified atom stereocenters. The molecule has 0 aromatic heterocycles. The fraction of sp³-hybridized carbons (Fsp3) is 1.00. The van der Waals surface area contributed by atoms with Crippen LogP contribution in [0.2, 0.25) is 0 Å². The van der Waals surface area contributed by atoms with Crippen molar-refractivity contribution in [2.75, 3.05) is 0 Å². The molecule has 2 heteroatoms. The molecule has 0 aromatic carbocycles. The Bertz CT molecular complexity index is 435. The van der Waals surface area contributed by atoms with Crippen molar-refractivity contribution < 1.29 is 10.2 Å². The summed E-state index contributed by atoms with van der Waals surface area (Å²) in [6.07, 6.45) is 12.0. The average Bonchev–Trinajstić information content (AvgIpc) is 2.48. The molecule has 0 bridgehead atoms. The number of aliphatic hydroxyl groups is 2. The van der Waals surface area contributed by atoms with Gasteiger partial charge in [0.2, 0.25) is 0 Å². The molecule has 8 atom stereocenters. The molecule has 22 heavy (non-hydrogen) atoms. The highest BCUT2D eigenvalue weighted by atomic mass is 16.3. The van der Waals surface area contributed by atoms with E-state index in [9.17, 15) is 10.2 Å². The number of fused-ring (bicyclic) bond motifs is 5. The molecular weight excluding hydrogens is 272 g/mol. The van der Waals surface area contributed by atoms with Gasteiger partial charge in [0.05, 0.1) is 12.2 Å². The van der Waals surface area contributed by atoms with Crippen molar-refractivity contribution in [2.24, 2.45) is 34.5 Å². The zero-order valence-corrected chi connectivity index (χ0v) is 14.4. The maximum absolute atomic E-state index is 10.9. The third-order valence-corrected chi connectivity index (χ3v) is 8.68. The van der Waals surface area contributed by atoms with Crippen LogP contribution in [0.5, 0.6) is 0 Å². The van der Waals surface area contributed by atoms with Gasteiger partial charge in [-0.15, -0.1) is 0 Å². The van der Waals surface area contributed by atoms with E-state index >= 15 is 0 Å². The van der Waals surface area contributed by atoms with Gasteiger partial charge in [0.1, 0.15) is 0 Å². The van der Waals surface area contributed by atoms with E-state index < -0.39 is 0 Å². The molecule has 2 N–H and O–H groups in total. The predicted octanol–water partition coefficient (Wildman–Crippen LogP) is 4.14. The Labute approximate surface area is 135 Å². The lowest BCUT2D eigenvalue weighted by molar-refractivity contribution is -0.177. The lowest BCUT2D eigenvalue weighted by Gasteiger charge is -2.63. The van der Waals surface area contributed by atoms with Crippen LogP contribution in [0.4, 0.5) is 0 Å². The first kappa shape index (κ1) is 15.4. The van der Waals surface area contributed by atoms with Crippen LogP contribution in [0.15, 0.2) is 0 Å². The second-order valence-electron chi connectivity index (χ2n) is 9.66. The number of aliphatic hydroxyl groups excluding tert-OH is 2. The van der Waals surface area contributed by atoms with Gasteiger partial charge in [-0.1, -0.05) is 26.7 Å². The third-order valence-electron chi connectivity index (χ3n) is 8.68.